The van der Waals surface area contributed by atoms with E-state index in [1.807, 2.05) is 24.3 Å². The van der Waals surface area contributed by atoms with Gasteiger partial charge in [-0.2, -0.15) is 0 Å². The molecule has 14 heavy (non-hydrogen) atoms. The summed E-state index contributed by atoms with van der Waals surface area (Å²) in [7, 11) is 0. The van der Waals surface area contributed by atoms with Crippen LogP contribution in [0.15, 0.2) is 24.3 Å². The van der Waals surface area contributed by atoms with Gasteiger partial charge in [0.2, 0.25) is 0 Å². The van der Waals surface area contributed by atoms with Crippen molar-refractivity contribution in [2.45, 2.75) is 13.0 Å². The van der Waals surface area contributed by atoms with Gasteiger partial charge in [-0.15, -0.1) is 0 Å². The lowest BCUT2D eigenvalue weighted by molar-refractivity contribution is -0.116. The first kappa shape index (κ1) is 9.21. The molecule has 0 aromatic heterocycles. The summed E-state index contributed by atoms with van der Waals surface area (Å²) in [5.41, 5.74) is 7.87. The van der Waals surface area contributed by atoms with E-state index in [2.05, 4.69) is 4.90 Å². The number of carbonyl (C=O) groups excluding carboxylic acids is 1. The number of hydrogen-bond acceptors (Lipinski definition) is 3. The van der Waals surface area contributed by atoms with Crippen molar-refractivity contribution >= 4 is 11.5 Å². The Morgan fingerprint density at radius 3 is 2.79 bits per heavy atom. The molecule has 1 fully saturated rings. The number of nitrogens with two attached hydrogens (primary N) is 1. The Kier molecular flexibility index (Phi) is 2.50. The van der Waals surface area contributed by atoms with Crippen LogP contribution in [0.4, 0.5) is 5.69 Å². The van der Waals surface area contributed by atoms with Crippen LogP contribution >= 0.6 is 0 Å². The second-order valence-electron chi connectivity index (χ2n) is 3.54. The largest absolute Gasteiger partial charge is 0.363 e. The Labute approximate surface area is 83.5 Å². The summed E-state index contributed by atoms with van der Waals surface area (Å²) in [4.78, 5) is 13.3. The Bertz CT molecular complexity index is 349. The van der Waals surface area contributed by atoms with E-state index in [9.17, 15) is 4.79 Å². The van der Waals surface area contributed by atoms with Crippen molar-refractivity contribution < 1.29 is 4.79 Å². The average molecular weight is 190 g/mol. The fourth-order valence-electron chi connectivity index (χ4n) is 1.83. The molecule has 3 nitrogen and oxygen atoms in total. The van der Waals surface area contributed by atoms with E-state index in [0.29, 0.717) is 25.3 Å². The number of hydrogen-bond donors (Lipinski definition) is 1. The molecule has 0 amide bonds. The summed E-state index contributed by atoms with van der Waals surface area (Å²) in [6.07, 6.45) is 0.666. The monoisotopic (exact) mass is 190 g/mol. The molecule has 2 N–H and O–H groups in total. The molecular formula is C11H14N2O. The second kappa shape index (κ2) is 3.80. The molecule has 3 heteroatoms. The van der Waals surface area contributed by atoms with Gasteiger partial charge < -0.3 is 10.6 Å². The van der Waals surface area contributed by atoms with Gasteiger partial charge in [0, 0.05) is 25.2 Å². The minimum Gasteiger partial charge on any atom is -0.363 e. The molecule has 0 unspecified atom stereocenters. The number of para-hydroxylation sites is 1. The summed E-state index contributed by atoms with van der Waals surface area (Å²) < 4.78 is 0. The molecular weight excluding hydrogens is 176 g/mol. The number of anilines is 1. The zero-order valence-corrected chi connectivity index (χ0v) is 8.07. The van der Waals surface area contributed by atoms with Crippen LogP contribution in [0.3, 0.4) is 0 Å². The van der Waals surface area contributed by atoms with Crippen LogP contribution in [0.1, 0.15) is 12.0 Å². The summed E-state index contributed by atoms with van der Waals surface area (Å²) in [5, 5.41) is 0. The van der Waals surface area contributed by atoms with Crippen molar-refractivity contribution in [1.29, 1.82) is 0 Å². The first-order valence-corrected chi connectivity index (χ1v) is 4.86. The molecule has 1 aliphatic rings. The lowest BCUT2D eigenvalue weighted by Gasteiger charge is -2.19. The third-order valence-electron chi connectivity index (χ3n) is 2.58. The molecule has 1 aromatic carbocycles. The van der Waals surface area contributed by atoms with Crippen LogP contribution in [0.2, 0.25) is 0 Å². The Hall–Kier alpha value is -1.35. The molecule has 1 saturated heterocycles. The highest BCUT2D eigenvalue weighted by Crippen LogP contribution is 2.22. The third-order valence-corrected chi connectivity index (χ3v) is 2.58. The molecule has 1 aliphatic heterocycles. The lowest BCUT2D eigenvalue weighted by Crippen LogP contribution is -2.21. The zero-order chi connectivity index (χ0) is 9.97. The number of nitrogens with zero attached hydrogens (tertiary/aromatic N) is 1. The number of carbonyl (C=O) groups is 1. The standard InChI is InChI=1S/C11H14N2O/c12-7-9-3-1-2-4-11(9)13-6-5-10(14)8-13/h1-4H,5-8,12H2. The average Bonchev–Trinajstić information content (AvgIpc) is 2.65. The molecule has 0 radical (unpaired) electrons. The number of benzene rings is 1. The molecule has 0 aliphatic carbocycles. The maximum Gasteiger partial charge on any atom is 0.153 e. The SMILES string of the molecule is NCc1ccccc1N1CCC(=O)C1. The van der Waals surface area contributed by atoms with E-state index >= 15 is 0 Å². The Morgan fingerprint density at radius 1 is 1.36 bits per heavy atom. The van der Waals surface area contributed by atoms with Crippen molar-refractivity contribution in [2.75, 3.05) is 18.0 Å². The van der Waals surface area contributed by atoms with Gasteiger partial charge in [-0.3, -0.25) is 4.79 Å². The normalized spacial score (nSPS) is 16.4. The fraction of sp³-hybridized carbons (Fsp3) is 0.364. The lowest BCUT2D eigenvalue weighted by atomic mass is 10.1. The highest BCUT2D eigenvalue weighted by Gasteiger charge is 2.20. The van der Waals surface area contributed by atoms with Crippen LogP contribution < -0.4 is 10.6 Å². The van der Waals surface area contributed by atoms with Crippen molar-refractivity contribution in [3.05, 3.63) is 29.8 Å². The fourth-order valence-corrected chi connectivity index (χ4v) is 1.83. The Balaban J connectivity index is 2.27. The van der Waals surface area contributed by atoms with E-state index in [1.165, 1.54) is 0 Å². The van der Waals surface area contributed by atoms with Gasteiger partial charge >= 0.3 is 0 Å². The van der Waals surface area contributed by atoms with E-state index in [4.69, 9.17) is 5.73 Å². The predicted molar refractivity (Wildman–Crippen MR) is 56.2 cm³/mol. The smallest absolute Gasteiger partial charge is 0.153 e. The molecule has 1 heterocycles. The number of rotatable bonds is 2. The van der Waals surface area contributed by atoms with Crippen LogP contribution in [-0.2, 0) is 11.3 Å². The van der Waals surface area contributed by atoms with Crippen molar-refractivity contribution in [1.82, 2.24) is 0 Å². The molecule has 2 rings (SSSR count). The topological polar surface area (TPSA) is 46.3 Å². The van der Waals surface area contributed by atoms with Crippen LogP contribution in [0.5, 0.6) is 0 Å². The van der Waals surface area contributed by atoms with Crippen molar-refractivity contribution in [3.63, 3.8) is 0 Å². The first-order valence-electron chi connectivity index (χ1n) is 4.86. The number of Topliss-reactive ketones (excluding diaryl/α,β-unsaturated/α-hetero) is 1. The van der Waals surface area contributed by atoms with E-state index in [1.54, 1.807) is 0 Å². The van der Waals surface area contributed by atoms with Gasteiger partial charge in [0.15, 0.2) is 5.78 Å². The van der Waals surface area contributed by atoms with E-state index in [-0.39, 0.29) is 0 Å². The van der Waals surface area contributed by atoms with Gasteiger partial charge in [-0.25, -0.2) is 0 Å². The zero-order valence-electron chi connectivity index (χ0n) is 8.07. The van der Waals surface area contributed by atoms with Gasteiger partial charge in [0.1, 0.15) is 0 Å². The molecule has 0 atom stereocenters. The molecule has 0 saturated carbocycles. The highest BCUT2D eigenvalue weighted by atomic mass is 16.1. The van der Waals surface area contributed by atoms with Crippen LogP contribution in [0, 0.1) is 0 Å². The van der Waals surface area contributed by atoms with Gasteiger partial charge in [0.05, 0.1) is 6.54 Å². The highest BCUT2D eigenvalue weighted by molar-refractivity contribution is 5.87. The molecule has 74 valence electrons. The number of ketones is 1. The summed E-state index contributed by atoms with van der Waals surface area (Å²) >= 11 is 0. The maximum absolute atomic E-state index is 11.2. The van der Waals surface area contributed by atoms with Gasteiger partial charge in [-0.05, 0) is 11.6 Å². The quantitative estimate of drug-likeness (QED) is 0.754. The van der Waals surface area contributed by atoms with Crippen LogP contribution in [0.25, 0.3) is 0 Å². The van der Waals surface area contributed by atoms with E-state index in [0.717, 1.165) is 17.8 Å². The van der Waals surface area contributed by atoms with Crippen LogP contribution in [-0.4, -0.2) is 18.9 Å². The first-order chi connectivity index (χ1) is 6.81. The molecule has 0 spiro atoms. The van der Waals surface area contributed by atoms with Gasteiger partial charge in [-0.1, -0.05) is 18.2 Å². The molecule has 1 aromatic rings. The minimum absolute atomic E-state index is 0.317. The van der Waals surface area contributed by atoms with E-state index < -0.39 is 0 Å². The third kappa shape index (κ3) is 1.63. The van der Waals surface area contributed by atoms with Crippen molar-refractivity contribution in [2.24, 2.45) is 5.73 Å². The van der Waals surface area contributed by atoms with Crippen molar-refractivity contribution in [3.8, 4) is 0 Å². The molecule has 0 bridgehead atoms. The van der Waals surface area contributed by atoms with Gasteiger partial charge in [0.25, 0.3) is 0 Å². The second-order valence-corrected chi connectivity index (χ2v) is 3.54. The maximum atomic E-state index is 11.2. The predicted octanol–water partition coefficient (Wildman–Crippen LogP) is 0.924. The summed E-state index contributed by atoms with van der Waals surface area (Å²) in [5.74, 6) is 0.317. The Morgan fingerprint density at radius 2 is 2.14 bits per heavy atom. The minimum atomic E-state index is 0.317. The summed E-state index contributed by atoms with van der Waals surface area (Å²) in [6, 6.07) is 8.00. The summed E-state index contributed by atoms with van der Waals surface area (Å²) in [6.45, 7) is 1.90.